The fraction of sp³-hybridized carbons (Fsp3) is 0.300. The van der Waals surface area contributed by atoms with Crippen LogP contribution in [0.3, 0.4) is 0 Å². The van der Waals surface area contributed by atoms with Gasteiger partial charge in [-0.3, -0.25) is 4.79 Å². The van der Waals surface area contributed by atoms with Crippen molar-refractivity contribution in [3.8, 4) is 0 Å². The van der Waals surface area contributed by atoms with Crippen molar-refractivity contribution < 1.29 is 32.2 Å². The van der Waals surface area contributed by atoms with Gasteiger partial charge in [-0.2, -0.15) is 13.2 Å². The number of para-hydroxylation sites is 1. The van der Waals surface area contributed by atoms with Gasteiger partial charge in [0.1, 0.15) is 12.0 Å². The van der Waals surface area contributed by atoms with Gasteiger partial charge >= 0.3 is 18.1 Å². The summed E-state index contributed by atoms with van der Waals surface area (Å²) < 4.78 is 49.1. The second-order valence-electron chi connectivity index (χ2n) is 6.04. The highest BCUT2D eigenvalue weighted by Crippen LogP contribution is 2.34. The first-order valence-corrected chi connectivity index (χ1v) is 8.31. The molecule has 0 heterocycles. The summed E-state index contributed by atoms with van der Waals surface area (Å²) in [7, 11) is 3.81. The molecule has 28 heavy (non-hydrogen) atoms. The number of esters is 2. The van der Waals surface area contributed by atoms with Gasteiger partial charge in [0.05, 0.1) is 19.8 Å². The zero-order valence-corrected chi connectivity index (χ0v) is 15.6. The lowest BCUT2D eigenvalue weighted by molar-refractivity contribution is -0.150. The highest BCUT2D eigenvalue weighted by Gasteiger charge is 2.41. The number of methoxy groups -OCH3 is 2. The van der Waals surface area contributed by atoms with Crippen LogP contribution in [0.4, 0.5) is 18.9 Å². The number of ether oxygens (including phenoxy) is 2. The molecule has 0 saturated heterocycles. The highest BCUT2D eigenvalue weighted by molar-refractivity contribution is 5.91. The van der Waals surface area contributed by atoms with Crippen molar-refractivity contribution in [1.29, 1.82) is 0 Å². The number of carbonyl (C=O) groups is 2. The molecule has 5 nitrogen and oxygen atoms in total. The minimum atomic E-state index is -4.59. The van der Waals surface area contributed by atoms with Gasteiger partial charge in [-0.15, -0.1) is 0 Å². The van der Waals surface area contributed by atoms with Gasteiger partial charge in [0.15, 0.2) is 0 Å². The normalized spacial score (nSPS) is 13.4. The third-order valence-corrected chi connectivity index (χ3v) is 4.37. The van der Waals surface area contributed by atoms with Gasteiger partial charge in [-0.25, -0.2) is 4.79 Å². The van der Waals surface area contributed by atoms with Crippen LogP contribution < -0.4 is 4.90 Å². The van der Waals surface area contributed by atoms with Crippen molar-refractivity contribution in [3.05, 3.63) is 65.7 Å². The van der Waals surface area contributed by atoms with E-state index in [2.05, 4.69) is 0 Å². The molecule has 0 aliphatic carbocycles. The standard InChI is InChI=1S/C20H20F3NO4/c1-24(15-10-5-4-6-11-15)17(19(26)28-3)16(18(25)27-2)13-8-7-9-14(12-13)20(21,22)23/h4-12,16-17H,1-3H3. The van der Waals surface area contributed by atoms with Crippen LogP contribution in [-0.2, 0) is 25.2 Å². The molecule has 2 aromatic carbocycles. The second-order valence-corrected chi connectivity index (χ2v) is 6.04. The van der Waals surface area contributed by atoms with Crippen molar-refractivity contribution >= 4 is 17.6 Å². The van der Waals surface area contributed by atoms with E-state index >= 15 is 0 Å². The maximum Gasteiger partial charge on any atom is 0.416 e. The summed E-state index contributed by atoms with van der Waals surface area (Å²) in [6.45, 7) is 0. The average Bonchev–Trinajstić information content (AvgIpc) is 2.70. The summed E-state index contributed by atoms with van der Waals surface area (Å²) in [4.78, 5) is 26.6. The first kappa shape index (κ1) is 21.3. The van der Waals surface area contributed by atoms with Crippen LogP contribution in [0.2, 0.25) is 0 Å². The zero-order chi connectivity index (χ0) is 20.9. The Morgan fingerprint density at radius 3 is 2.07 bits per heavy atom. The number of halogens is 3. The summed E-state index contributed by atoms with van der Waals surface area (Å²) in [6, 6.07) is 11.7. The number of carbonyl (C=O) groups excluding carboxylic acids is 2. The van der Waals surface area contributed by atoms with E-state index < -0.39 is 35.6 Å². The SMILES string of the molecule is COC(=O)C(c1cccc(C(F)(F)F)c1)C(C(=O)OC)N(C)c1ccccc1. The summed E-state index contributed by atoms with van der Waals surface area (Å²) in [5, 5.41) is 0. The molecule has 8 heteroatoms. The molecule has 0 radical (unpaired) electrons. The molecule has 2 rings (SSSR count). The minimum absolute atomic E-state index is 0.000133. The van der Waals surface area contributed by atoms with E-state index in [1.54, 1.807) is 37.4 Å². The summed E-state index contributed by atoms with van der Waals surface area (Å²) >= 11 is 0. The van der Waals surface area contributed by atoms with Crippen LogP contribution in [0.1, 0.15) is 17.0 Å². The third-order valence-electron chi connectivity index (χ3n) is 4.37. The molecular weight excluding hydrogens is 375 g/mol. The molecule has 2 atom stereocenters. The number of alkyl halides is 3. The van der Waals surface area contributed by atoms with E-state index in [0.29, 0.717) is 5.69 Å². The number of hydrogen-bond donors (Lipinski definition) is 0. The Morgan fingerprint density at radius 2 is 1.54 bits per heavy atom. The quantitative estimate of drug-likeness (QED) is 0.699. The van der Waals surface area contributed by atoms with Crippen molar-refractivity contribution in [2.75, 3.05) is 26.2 Å². The van der Waals surface area contributed by atoms with Crippen molar-refractivity contribution in [2.45, 2.75) is 18.1 Å². The molecule has 0 fully saturated rings. The summed E-state index contributed by atoms with van der Waals surface area (Å²) in [6.07, 6.45) is -4.59. The monoisotopic (exact) mass is 395 g/mol. The third kappa shape index (κ3) is 4.62. The number of benzene rings is 2. The second kappa shape index (κ2) is 8.77. The van der Waals surface area contributed by atoms with E-state index in [-0.39, 0.29) is 5.56 Å². The molecule has 0 spiro atoms. The molecule has 0 aromatic heterocycles. The fourth-order valence-electron chi connectivity index (χ4n) is 2.94. The van der Waals surface area contributed by atoms with Crippen LogP contribution in [-0.4, -0.2) is 39.2 Å². The van der Waals surface area contributed by atoms with Crippen LogP contribution in [0.25, 0.3) is 0 Å². The zero-order valence-electron chi connectivity index (χ0n) is 15.6. The molecule has 2 aromatic rings. The molecule has 150 valence electrons. The lowest BCUT2D eigenvalue weighted by Crippen LogP contribution is -2.47. The Hall–Kier alpha value is -3.03. The van der Waals surface area contributed by atoms with Crippen LogP contribution in [0.15, 0.2) is 54.6 Å². The van der Waals surface area contributed by atoms with Gasteiger partial charge < -0.3 is 14.4 Å². The van der Waals surface area contributed by atoms with Gasteiger partial charge in [0.25, 0.3) is 0 Å². The average molecular weight is 395 g/mol. The molecule has 0 bridgehead atoms. The predicted octanol–water partition coefficient (Wildman–Crippen LogP) is 3.64. The Balaban J connectivity index is 2.60. The number of hydrogen-bond acceptors (Lipinski definition) is 5. The maximum atomic E-state index is 13.1. The topological polar surface area (TPSA) is 55.8 Å². The lowest BCUT2D eigenvalue weighted by atomic mass is 9.89. The van der Waals surface area contributed by atoms with Crippen LogP contribution >= 0.6 is 0 Å². The van der Waals surface area contributed by atoms with Gasteiger partial charge in [0.2, 0.25) is 0 Å². The van der Waals surface area contributed by atoms with E-state index in [4.69, 9.17) is 9.47 Å². The number of anilines is 1. The molecule has 0 aliphatic rings. The van der Waals surface area contributed by atoms with Crippen LogP contribution in [0, 0.1) is 0 Å². The molecule has 0 aliphatic heterocycles. The number of nitrogens with zero attached hydrogens (tertiary/aromatic N) is 1. The molecule has 0 amide bonds. The van der Waals surface area contributed by atoms with Crippen molar-refractivity contribution in [2.24, 2.45) is 0 Å². The molecule has 0 saturated carbocycles. The molecule has 0 N–H and O–H groups in total. The Morgan fingerprint density at radius 1 is 0.929 bits per heavy atom. The van der Waals surface area contributed by atoms with Crippen molar-refractivity contribution in [1.82, 2.24) is 0 Å². The van der Waals surface area contributed by atoms with E-state index in [0.717, 1.165) is 26.4 Å². The van der Waals surface area contributed by atoms with E-state index in [9.17, 15) is 22.8 Å². The first-order valence-electron chi connectivity index (χ1n) is 8.31. The smallest absolute Gasteiger partial charge is 0.416 e. The molecule has 2 unspecified atom stereocenters. The van der Waals surface area contributed by atoms with Crippen molar-refractivity contribution in [3.63, 3.8) is 0 Å². The highest BCUT2D eigenvalue weighted by atomic mass is 19.4. The Labute approximate surface area is 160 Å². The van der Waals surface area contributed by atoms with Crippen LogP contribution in [0.5, 0.6) is 0 Å². The Kier molecular flexibility index (Phi) is 6.66. The van der Waals surface area contributed by atoms with E-state index in [1.165, 1.54) is 17.0 Å². The van der Waals surface area contributed by atoms with Gasteiger partial charge in [-0.05, 0) is 23.8 Å². The summed E-state index contributed by atoms with van der Waals surface area (Å²) in [5.74, 6) is -2.96. The maximum absolute atomic E-state index is 13.1. The Bertz CT molecular complexity index is 824. The fourth-order valence-corrected chi connectivity index (χ4v) is 2.94. The van der Waals surface area contributed by atoms with E-state index in [1.807, 2.05) is 0 Å². The molecular formula is C20H20F3NO4. The largest absolute Gasteiger partial charge is 0.468 e. The number of rotatable bonds is 6. The predicted molar refractivity (Wildman–Crippen MR) is 96.9 cm³/mol. The van der Waals surface area contributed by atoms with Gasteiger partial charge in [-0.1, -0.05) is 36.4 Å². The minimum Gasteiger partial charge on any atom is -0.468 e. The van der Waals surface area contributed by atoms with Gasteiger partial charge in [0, 0.05) is 12.7 Å². The lowest BCUT2D eigenvalue weighted by Gasteiger charge is -2.33. The summed E-state index contributed by atoms with van der Waals surface area (Å²) in [5.41, 5.74) is -0.344. The first-order chi connectivity index (χ1) is 13.2. The number of likely N-dealkylation sites (N-methyl/N-ethyl adjacent to an activating group) is 1.